The number of halogens is 3. The first-order valence-electron chi connectivity index (χ1n) is 3.97. The van der Waals surface area contributed by atoms with Crippen LogP contribution in [-0.4, -0.2) is 25.9 Å². The van der Waals surface area contributed by atoms with Crippen LogP contribution >= 0.6 is 15.9 Å². The largest absolute Gasteiger partial charge is 0.329 e. The van der Waals surface area contributed by atoms with Gasteiger partial charge in [-0.25, -0.2) is 23.5 Å². The van der Waals surface area contributed by atoms with Gasteiger partial charge in [0.05, 0.1) is 12.7 Å². The van der Waals surface area contributed by atoms with Crippen LogP contribution in [0.3, 0.4) is 0 Å². The van der Waals surface area contributed by atoms with Gasteiger partial charge in [0.1, 0.15) is 4.60 Å². The van der Waals surface area contributed by atoms with Crippen molar-refractivity contribution in [2.75, 3.05) is 0 Å². The molecule has 1 N–H and O–H groups in total. The maximum atomic E-state index is 12.2. The number of hydrogen-bond acceptors (Lipinski definition) is 3. The molecule has 2 aromatic rings. The molecule has 0 aliphatic heterocycles. The van der Waals surface area contributed by atoms with Gasteiger partial charge in [-0.15, -0.1) is 0 Å². The van der Waals surface area contributed by atoms with E-state index < -0.39 is 18.7 Å². The monoisotopic (exact) mass is 278 g/mol. The van der Waals surface area contributed by atoms with E-state index in [0.29, 0.717) is 4.60 Å². The van der Waals surface area contributed by atoms with Crippen molar-refractivity contribution in [3.63, 3.8) is 0 Å². The fraction of sp³-hybridized carbons (Fsp3) is 0.286. The number of imidazole rings is 1. The first kappa shape index (κ1) is 10.2. The zero-order chi connectivity index (χ0) is 11.0. The summed E-state index contributed by atoms with van der Waals surface area (Å²) in [7, 11) is 0. The Morgan fingerprint density at radius 3 is 3.00 bits per heavy atom. The molecule has 0 amide bonds. The average molecular weight is 279 g/mol. The minimum Gasteiger partial charge on any atom is -0.289 e. The molecule has 0 atom stereocenters. The summed E-state index contributed by atoms with van der Waals surface area (Å²) in [4.78, 5) is 21.3. The lowest BCUT2D eigenvalue weighted by Gasteiger charge is -2.00. The number of aromatic nitrogens is 4. The van der Waals surface area contributed by atoms with Crippen molar-refractivity contribution >= 4 is 27.2 Å². The van der Waals surface area contributed by atoms with Gasteiger partial charge in [-0.3, -0.25) is 9.55 Å². The summed E-state index contributed by atoms with van der Waals surface area (Å²) in [6.45, 7) is -0.691. The zero-order valence-electron chi connectivity index (χ0n) is 7.25. The van der Waals surface area contributed by atoms with Crippen molar-refractivity contribution in [1.82, 2.24) is 19.5 Å². The van der Waals surface area contributed by atoms with Crippen LogP contribution < -0.4 is 5.69 Å². The number of hydrogen-bond donors (Lipinski definition) is 1. The Labute approximate surface area is 90.3 Å². The Morgan fingerprint density at radius 1 is 1.60 bits per heavy atom. The lowest BCUT2D eigenvalue weighted by Crippen LogP contribution is -2.20. The summed E-state index contributed by atoms with van der Waals surface area (Å²) in [5, 5.41) is 0. The first-order chi connectivity index (χ1) is 7.08. The van der Waals surface area contributed by atoms with E-state index in [4.69, 9.17) is 0 Å². The molecule has 0 spiro atoms. The van der Waals surface area contributed by atoms with E-state index in [1.54, 1.807) is 0 Å². The lowest BCUT2D eigenvalue weighted by molar-refractivity contribution is 0.126. The van der Waals surface area contributed by atoms with E-state index in [9.17, 15) is 13.6 Å². The Bertz CT molecular complexity index is 549. The third-order valence-electron chi connectivity index (χ3n) is 1.77. The predicted octanol–water partition coefficient (Wildman–Crippen LogP) is 1.15. The number of nitrogens with zero attached hydrogens (tertiary/aromatic N) is 3. The number of aromatic amines is 1. The van der Waals surface area contributed by atoms with Crippen LogP contribution in [0.4, 0.5) is 8.78 Å². The third-order valence-corrected chi connectivity index (χ3v) is 2.15. The van der Waals surface area contributed by atoms with Crippen molar-refractivity contribution < 1.29 is 8.78 Å². The van der Waals surface area contributed by atoms with Crippen LogP contribution in [0, 0.1) is 0 Å². The van der Waals surface area contributed by atoms with Crippen LogP contribution in [-0.2, 0) is 6.54 Å². The standard InChI is InChI=1S/C7H5BrF2N4O/c8-3-1-11-5-6(12-3)14(2-4(9)10)7(15)13-5/h1,4H,2H2,(H,11,13,15). The Hall–Kier alpha value is -1.31. The van der Waals surface area contributed by atoms with E-state index >= 15 is 0 Å². The normalized spacial score (nSPS) is 11.5. The molecule has 0 saturated carbocycles. The quantitative estimate of drug-likeness (QED) is 0.896. The molecule has 0 radical (unpaired) electrons. The van der Waals surface area contributed by atoms with Gasteiger partial charge in [0, 0.05) is 0 Å². The van der Waals surface area contributed by atoms with Gasteiger partial charge in [0.15, 0.2) is 11.3 Å². The predicted molar refractivity (Wildman–Crippen MR) is 51.9 cm³/mol. The first-order valence-corrected chi connectivity index (χ1v) is 4.76. The van der Waals surface area contributed by atoms with Crippen LogP contribution in [0.15, 0.2) is 15.6 Å². The molecule has 0 fully saturated rings. The minimum absolute atomic E-state index is 0.120. The smallest absolute Gasteiger partial charge is 0.289 e. The third kappa shape index (κ3) is 1.89. The molecular formula is C7H5BrF2N4O. The van der Waals surface area contributed by atoms with E-state index in [1.165, 1.54) is 6.20 Å². The Morgan fingerprint density at radius 2 is 2.33 bits per heavy atom. The molecule has 0 unspecified atom stereocenters. The van der Waals surface area contributed by atoms with Crippen molar-refractivity contribution in [3.05, 3.63) is 21.3 Å². The molecule has 2 aromatic heterocycles. The number of alkyl halides is 2. The molecule has 0 bridgehead atoms. The highest BCUT2D eigenvalue weighted by atomic mass is 79.9. The number of rotatable bonds is 2. The molecule has 5 nitrogen and oxygen atoms in total. The molecule has 0 aliphatic carbocycles. The van der Waals surface area contributed by atoms with Crippen molar-refractivity contribution in [2.24, 2.45) is 0 Å². The lowest BCUT2D eigenvalue weighted by atomic mass is 10.6. The van der Waals surface area contributed by atoms with E-state index in [-0.39, 0.29) is 11.3 Å². The molecule has 80 valence electrons. The Balaban J connectivity index is 2.65. The van der Waals surface area contributed by atoms with Crippen LogP contribution in [0.25, 0.3) is 11.3 Å². The van der Waals surface area contributed by atoms with Crippen LogP contribution in [0.2, 0.25) is 0 Å². The highest BCUT2D eigenvalue weighted by molar-refractivity contribution is 9.10. The number of H-pyrrole nitrogens is 1. The molecule has 0 aliphatic rings. The van der Waals surface area contributed by atoms with Crippen molar-refractivity contribution in [2.45, 2.75) is 13.0 Å². The second kappa shape index (κ2) is 3.69. The fourth-order valence-corrected chi connectivity index (χ4v) is 1.48. The summed E-state index contributed by atoms with van der Waals surface area (Å²) < 4.78 is 25.6. The van der Waals surface area contributed by atoms with Gasteiger partial charge < -0.3 is 0 Å². The summed E-state index contributed by atoms with van der Waals surface area (Å²) in [5.41, 5.74) is -0.318. The van der Waals surface area contributed by atoms with Gasteiger partial charge in [-0.2, -0.15) is 0 Å². The topological polar surface area (TPSA) is 63.6 Å². The Kier molecular flexibility index (Phi) is 2.51. The number of fused-ring (bicyclic) bond motifs is 1. The summed E-state index contributed by atoms with van der Waals surface area (Å²) >= 11 is 3.05. The molecular weight excluding hydrogens is 274 g/mol. The van der Waals surface area contributed by atoms with Crippen molar-refractivity contribution in [3.8, 4) is 0 Å². The van der Waals surface area contributed by atoms with Crippen LogP contribution in [0.5, 0.6) is 0 Å². The van der Waals surface area contributed by atoms with Crippen LogP contribution in [0.1, 0.15) is 0 Å². The van der Waals surface area contributed by atoms with Gasteiger partial charge >= 0.3 is 5.69 Å². The summed E-state index contributed by atoms with van der Waals surface area (Å²) in [6, 6.07) is 0. The average Bonchev–Trinajstić information content (AvgIpc) is 2.43. The second-order valence-corrected chi connectivity index (χ2v) is 3.61. The molecule has 2 heterocycles. The van der Waals surface area contributed by atoms with Gasteiger partial charge in [0.2, 0.25) is 0 Å². The summed E-state index contributed by atoms with van der Waals surface area (Å²) in [6.07, 6.45) is -1.23. The summed E-state index contributed by atoms with van der Waals surface area (Å²) in [5.74, 6) is 0. The molecule has 2 rings (SSSR count). The van der Waals surface area contributed by atoms with Gasteiger partial charge in [0.25, 0.3) is 6.43 Å². The highest BCUT2D eigenvalue weighted by Crippen LogP contribution is 2.10. The highest BCUT2D eigenvalue weighted by Gasteiger charge is 2.13. The SMILES string of the molecule is O=c1[nH]c2ncc(Br)nc2n1CC(F)F. The molecule has 0 saturated heterocycles. The van der Waals surface area contributed by atoms with Gasteiger partial charge in [-0.05, 0) is 15.9 Å². The maximum absolute atomic E-state index is 12.2. The van der Waals surface area contributed by atoms with E-state index in [1.807, 2.05) is 0 Å². The maximum Gasteiger partial charge on any atom is 0.329 e. The zero-order valence-corrected chi connectivity index (χ0v) is 8.83. The fourth-order valence-electron chi connectivity index (χ4n) is 1.21. The second-order valence-electron chi connectivity index (χ2n) is 2.80. The van der Waals surface area contributed by atoms with Gasteiger partial charge in [-0.1, -0.05) is 0 Å². The van der Waals surface area contributed by atoms with E-state index in [2.05, 4.69) is 30.9 Å². The molecule has 8 heteroatoms. The number of nitrogens with one attached hydrogen (secondary N) is 1. The minimum atomic E-state index is -2.61. The molecule has 0 aromatic carbocycles. The van der Waals surface area contributed by atoms with E-state index in [0.717, 1.165) is 4.57 Å². The molecule has 15 heavy (non-hydrogen) atoms. The van der Waals surface area contributed by atoms with Crippen molar-refractivity contribution in [1.29, 1.82) is 0 Å².